The number of benzene rings is 2. The molecule has 2 aromatic carbocycles. The van der Waals surface area contributed by atoms with Crippen LogP contribution in [0.25, 0.3) is 0 Å². The first-order valence-corrected chi connectivity index (χ1v) is 8.18. The average Bonchev–Trinajstić information content (AvgIpc) is 2.56. The standard InChI is InChI=1S/C17H16F2N2O2S/c1-11-2-4-12(5-3-11)17(23)21-20-16(22)8-9-24-13-6-7-14(18)15(19)10-13/h2-7,10H,8-9H2,1H3,(H,20,22)(H,21,23). The molecule has 126 valence electrons. The van der Waals surface area contributed by atoms with Gasteiger partial charge >= 0.3 is 0 Å². The minimum Gasteiger partial charge on any atom is -0.273 e. The normalized spacial score (nSPS) is 10.3. The topological polar surface area (TPSA) is 58.2 Å². The average molecular weight is 350 g/mol. The van der Waals surface area contributed by atoms with Gasteiger partial charge in [-0.3, -0.25) is 20.4 Å². The third-order valence-electron chi connectivity index (χ3n) is 3.12. The van der Waals surface area contributed by atoms with Crippen LogP contribution in [-0.4, -0.2) is 17.6 Å². The number of aryl methyl sites for hydroxylation is 1. The largest absolute Gasteiger partial charge is 0.273 e. The van der Waals surface area contributed by atoms with E-state index in [0.29, 0.717) is 16.2 Å². The van der Waals surface area contributed by atoms with Gasteiger partial charge in [0, 0.05) is 22.6 Å². The first-order valence-electron chi connectivity index (χ1n) is 7.19. The van der Waals surface area contributed by atoms with Crippen molar-refractivity contribution >= 4 is 23.6 Å². The Morgan fingerprint density at radius 3 is 2.38 bits per heavy atom. The first-order chi connectivity index (χ1) is 11.5. The fourth-order valence-electron chi connectivity index (χ4n) is 1.79. The molecule has 0 bridgehead atoms. The van der Waals surface area contributed by atoms with Crippen LogP contribution in [0.4, 0.5) is 8.78 Å². The Kier molecular flexibility index (Phi) is 6.31. The fourth-order valence-corrected chi connectivity index (χ4v) is 2.67. The molecule has 4 nitrogen and oxygen atoms in total. The minimum atomic E-state index is -0.921. The van der Waals surface area contributed by atoms with E-state index in [2.05, 4.69) is 10.9 Å². The molecule has 0 aliphatic rings. The summed E-state index contributed by atoms with van der Waals surface area (Å²) < 4.78 is 25.8. The Bertz CT molecular complexity index is 736. The van der Waals surface area contributed by atoms with Crippen molar-refractivity contribution in [3.8, 4) is 0 Å². The molecule has 0 saturated heterocycles. The van der Waals surface area contributed by atoms with Crippen LogP contribution in [0.5, 0.6) is 0 Å². The molecular weight excluding hydrogens is 334 g/mol. The lowest BCUT2D eigenvalue weighted by atomic mass is 10.1. The van der Waals surface area contributed by atoms with Crippen LogP contribution in [-0.2, 0) is 4.79 Å². The number of amides is 2. The van der Waals surface area contributed by atoms with E-state index < -0.39 is 17.5 Å². The lowest BCUT2D eigenvalue weighted by Crippen LogP contribution is -2.41. The summed E-state index contributed by atoms with van der Waals surface area (Å²) in [5.74, 6) is -2.23. The molecule has 7 heteroatoms. The summed E-state index contributed by atoms with van der Waals surface area (Å²) >= 11 is 1.22. The van der Waals surface area contributed by atoms with E-state index in [1.54, 1.807) is 24.3 Å². The number of carbonyl (C=O) groups is 2. The van der Waals surface area contributed by atoms with Crippen molar-refractivity contribution in [3.63, 3.8) is 0 Å². The van der Waals surface area contributed by atoms with Crippen LogP contribution >= 0.6 is 11.8 Å². The number of hydrazine groups is 1. The van der Waals surface area contributed by atoms with Crippen LogP contribution in [0.2, 0.25) is 0 Å². The summed E-state index contributed by atoms with van der Waals surface area (Å²) in [4.78, 5) is 24.0. The number of halogens is 2. The second-order valence-corrected chi connectivity index (χ2v) is 6.21. The molecule has 2 N–H and O–H groups in total. The van der Waals surface area contributed by atoms with Crippen molar-refractivity contribution < 1.29 is 18.4 Å². The quantitative estimate of drug-likeness (QED) is 0.643. The summed E-state index contributed by atoms with van der Waals surface area (Å²) in [7, 11) is 0. The number of hydrogen-bond donors (Lipinski definition) is 2. The highest BCUT2D eigenvalue weighted by Crippen LogP contribution is 2.20. The van der Waals surface area contributed by atoms with Gasteiger partial charge in [0.05, 0.1) is 0 Å². The molecule has 0 heterocycles. The van der Waals surface area contributed by atoms with E-state index in [-0.39, 0.29) is 12.3 Å². The summed E-state index contributed by atoms with van der Waals surface area (Å²) in [6.45, 7) is 1.91. The van der Waals surface area contributed by atoms with Gasteiger partial charge in [-0.15, -0.1) is 11.8 Å². The highest BCUT2D eigenvalue weighted by atomic mass is 32.2. The number of rotatable bonds is 5. The molecule has 0 unspecified atom stereocenters. The van der Waals surface area contributed by atoms with Gasteiger partial charge in [-0.25, -0.2) is 8.78 Å². The zero-order chi connectivity index (χ0) is 17.5. The molecule has 0 aliphatic carbocycles. The van der Waals surface area contributed by atoms with Gasteiger partial charge in [-0.2, -0.15) is 0 Å². The van der Waals surface area contributed by atoms with Gasteiger partial charge in [0.2, 0.25) is 5.91 Å². The third-order valence-corrected chi connectivity index (χ3v) is 4.11. The molecule has 0 fully saturated rings. The van der Waals surface area contributed by atoms with Gasteiger partial charge in [0.15, 0.2) is 11.6 Å². The fraction of sp³-hybridized carbons (Fsp3) is 0.176. The highest BCUT2D eigenvalue weighted by molar-refractivity contribution is 7.99. The molecule has 0 saturated carbocycles. The van der Waals surface area contributed by atoms with Crippen molar-refractivity contribution in [1.29, 1.82) is 0 Å². The Labute approximate surface area is 142 Å². The smallest absolute Gasteiger partial charge is 0.269 e. The molecular formula is C17H16F2N2O2S. The van der Waals surface area contributed by atoms with Gasteiger partial charge < -0.3 is 0 Å². The molecule has 0 aromatic heterocycles. The van der Waals surface area contributed by atoms with E-state index in [0.717, 1.165) is 17.7 Å². The number of thioether (sulfide) groups is 1. The van der Waals surface area contributed by atoms with Gasteiger partial charge in [0.1, 0.15) is 0 Å². The molecule has 2 rings (SSSR count). The van der Waals surface area contributed by atoms with E-state index in [1.807, 2.05) is 6.92 Å². The molecule has 0 atom stereocenters. The number of nitrogens with one attached hydrogen (secondary N) is 2. The van der Waals surface area contributed by atoms with Crippen LogP contribution in [0, 0.1) is 18.6 Å². The first kappa shape index (κ1) is 17.9. The monoisotopic (exact) mass is 350 g/mol. The Hall–Kier alpha value is -2.41. The number of carbonyl (C=O) groups excluding carboxylic acids is 2. The molecule has 2 aromatic rings. The van der Waals surface area contributed by atoms with Crippen molar-refractivity contribution in [2.24, 2.45) is 0 Å². The van der Waals surface area contributed by atoms with Crippen LogP contribution in [0.15, 0.2) is 47.4 Å². The molecule has 24 heavy (non-hydrogen) atoms. The lowest BCUT2D eigenvalue weighted by molar-refractivity contribution is -0.121. The molecule has 0 spiro atoms. The Morgan fingerprint density at radius 1 is 1.00 bits per heavy atom. The summed E-state index contributed by atoms with van der Waals surface area (Å²) in [6, 6.07) is 10.5. The van der Waals surface area contributed by atoms with Gasteiger partial charge in [0.25, 0.3) is 5.91 Å². The summed E-state index contributed by atoms with van der Waals surface area (Å²) in [5.41, 5.74) is 6.12. The second-order valence-electron chi connectivity index (χ2n) is 5.04. The second kappa shape index (κ2) is 8.44. The Morgan fingerprint density at radius 2 is 1.71 bits per heavy atom. The SMILES string of the molecule is Cc1ccc(C(=O)NNC(=O)CCSc2ccc(F)c(F)c2)cc1. The summed E-state index contributed by atoms with van der Waals surface area (Å²) in [6.07, 6.45) is 0.123. The third kappa shape index (κ3) is 5.34. The van der Waals surface area contributed by atoms with Crippen molar-refractivity contribution in [2.75, 3.05) is 5.75 Å². The van der Waals surface area contributed by atoms with Gasteiger partial charge in [-0.05, 0) is 37.3 Å². The predicted molar refractivity (Wildman–Crippen MR) is 88.5 cm³/mol. The van der Waals surface area contributed by atoms with E-state index >= 15 is 0 Å². The maximum atomic E-state index is 13.0. The molecule has 2 amide bonds. The van der Waals surface area contributed by atoms with E-state index in [9.17, 15) is 18.4 Å². The van der Waals surface area contributed by atoms with Crippen molar-refractivity contribution in [3.05, 3.63) is 65.2 Å². The minimum absolute atomic E-state index is 0.123. The van der Waals surface area contributed by atoms with Gasteiger partial charge in [-0.1, -0.05) is 17.7 Å². The highest BCUT2D eigenvalue weighted by Gasteiger charge is 2.08. The Balaban J connectivity index is 1.72. The predicted octanol–water partition coefficient (Wildman–Crippen LogP) is 3.22. The van der Waals surface area contributed by atoms with E-state index in [1.165, 1.54) is 17.8 Å². The maximum absolute atomic E-state index is 13.0. The van der Waals surface area contributed by atoms with Crippen molar-refractivity contribution in [1.82, 2.24) is 10.9 Å². The molecule has 0 aliphatic heterocycles. The number of hydrogen-bond acceptors (Lipinski definition) is 3. The zero-order valence-electron chi connectivity index (χ0n) is 12.9. The lowest BCUT2D eigenvalue weighted by Gasteiger charge is -2.07. The summed E-state index contributed by atoms with van der Waals surface area (Å²) in [5, 5.41) is 0. The van der Waals surface area contributed by atoms with Crippen molar-refractivity contribution in [2.45, 2.75) is 18.2 Å². The van der Waals surface area contributed by atoms with Crippen LogP contribution < -0.4 is 10.9 Å². The van der Waals surface area contributed by atoms with Crippen LogP contribution in [0.3, 0.4) is 0 Å². The zero-order valence-corrected chi connectivity index (χ0v) is 13.8. The molecule has 0 radical (unpaired) electrons. The maximum Gasteiger partial charge on any atom is 0.269 e. The van der Waals surface area contributed by atoms with E-state index in [4.69, 9.17) is 0 Å². The van der Waals surface area contributed by atoms with Crippen LogP contribution in [0.1, 0.15) is 22.3 Å².